The number of halogens is 1. The smallest absolute Gasteiger partial charge is 0.267 e. The maximum Gasteiger partial charge on any atom is 0.267 e. The first-order valence-electron chi connectivity index (χ1n) is 6.49. The number of carbonyl (C=O) groups is 1. The standard InChI is InChI=1S/C15H15IN2O3/c1-3-21-14-5-4-11(10(2)19)6-12(14)8-18-9-17-7-13(16)15(18)20/h4-7,9H,3,8H2,1-2H3. The van der Waals surface area contributed by atoms with Crippen LogP contribution < -0.4 is 10.3 Å². The summed E-state index contributed by atoms with van der Waals surface area (Å²) in [5.41, 5.74) is 1.27. The number of hydrogen-bond donors (Lipinski definition) is 0. The predicted octanol–water partition coefficient (Wildman–Crippen LogP) is 2.50. The highest BCUT2D eigenvalue weighted by atomic mass is 127. The van der Waals surface area contributed by atoms with Gasteiger partial charge in [-0.1, -0.05) is 0 Å². The van der Waals surface area contributed by atoms with Crippen molar-refractivity contribution in [2.24, 2.45) is 0 Å². The van der Waals surface area contributed by atoms with E-state index in [0.29, 0.717) is 28.0 Å². The summed E-state index contributed by atoms with van der Waals surface area (Å²) >= 11 is 1.95. The van der Waals surface area contributed by atoms with Gasteiger partial charge in [-0.25, -0.2) is 4.98 Å². The van der Waals surface area contributed by atoms with E-state index < -0.39 is 0 Å². The van der Waals surface area contributed by atoms with Crippen molar-refractivity contribution in [2.45, 2.75) is 20.4 Å². The molecule has 0 saturated carbocycles. The maximum atomic E-state index is 12.1. The maximum absolute atomic E-state index is 12.1. The fraction of sp³-hybridized carbons (Fsp3) is 0.267. The topological polar surface area (TPSA) is 61.2 Å². The molecule has 0 saturated heterocycles. The van der Waals surface area contributed by atoms with E-state index in [2.05, 4.69) is 4.98 Å². The molecule has 5 nitrogen and oxygen atoms in total. The Balaban J connectivity index is 2.45. The zero-order valence-electron chi connectivity index (χ0n) is 11.8. The molecule has 1 aromatic heterocycles. The molecule has 6 heteroatoms. The second kappa shape index (κ2) is 6.84. The minimum Gasteiger partial charge on any atom is -0.494 e. The van der Waals surface area contributed by atoms with E-state index in [1.54, 1.807) is 18.2 Å². The van der Waals surface area contributed by atoms with E-state index in [9.17, 15) is 9.59 Å². The largest absolute Gasteiger partial charge is 0.494 e. The Hall–Kier alpha value is -1.70. The van der Waals surface area contributed by atoms with Crippen LogP contribution in [0.1, 0.15) is 29.8 Å². The summed E-state index contributed by atoms with van der Waals surface area (Å²) in [6.45, 7) is 4.24. The van der Waals surface area contributed by atoms with E-state index >= 15 is 0 Å². The van der Waals surface area contributed by atoms with Gasteiger partial charge in [0.15, 0.2) is 5.78 Å². The summed E-state index contributed by atoms with van der Waals surface area (Å²) in [5, 5.41) is 0. The summed E-state index contributed by atoms with van der Waals surface area (Å²) in [6.07, 6.45) is 3.01. The van der Waals surface area contributed by atoms with Gasteiger partial charge in [0.2, 0.25) is 0 Å². The van der Waals surface area contributed by atoms with Crippen LogP contribution in [-0.4, -0.2) is 21.9 Å². The number of ketones is 1. The average Bonchev–Trinajstić information content (AvgIpc) is 2.45. The molecular weight excluding hydrogens is 383 g/mol. The third kappa shape index (κ3) is 3.69. The van der Waals surface area contributed by atoms with E-state index in [-0.39, 0.29) is 11.3 Å². The van der Waals surface area contributed by atoms with E-state index in [0.717, 1.165) is 5.56 Å². The average molecular weight is 398 g/mol. The normalized spacial score (nSPS) is 10.4. The van der Waals surface area contributed by atoms with E-state index in [1.807, 2.05) is 29.5 Å². The first-order valence-corrected chi connectivity index (χ1v) is 7.57. The van der Waals surface area contributed by atoms with Crippen molar-refractivity contribution < 1.29 is 9.53 Å². The first kappa shape index (κ1) is 15.7. The Morgan fingerprint density at radius 1 is 1.43 bits per heavy atom. The van der Waals surface area contributed by atoms with Crippen LogP contribution >= 0.6 is 22.6 Å². The second-order valence-corrected chi connectivity index (χ2v) is 5.65. The zero-order valence-corrected chi connectivity index (χ0v) is 14.0. The molecule has 0 aliphatic rings. The lowest BCUT2D eigenvalue weighted by molar-refractivity contribution is 0.101. The minimum absolute atomic E-state index is 0.0209. The molecule has 0 fully saturated rings. The van der Waals surface area contributed by atoms with Crippen LogP contribution in [-0.2, 0) is 6.54 Å². The summed E-state index contributed by atoms with van der Waals surface area (Å²) in [4.78, 5) is 27.6. The summed E-state index contributed by atoms with van der Waals surface area (Å²) < 4.78 is 7.62. The Labute approximate surface area is 136 Å². The molecule has 0 unspecified atom stereocenters. The zero-order chi connectivity index (χ0) is 15.4. The summed E-state index contributed by atoms with van der Waals surface area (Å²) in [5.74, 6) is 0.653. The molecule has 0 aliphatic carbocycles. The predicted molar refractivity (Wildman–Crippen MR) is 87.9 cm³/mol. The number of aromatic nitrogens is 2. The lowest BCUT2D eigenvalue weighted by Gasteiger charge is -2.12. The molecule has 0 atom stereocenters. The lowest BCUT2D eigenvalue weighted by atomic mass is 10.1. The molecule has 0 amide bonds. The highest BCUT2D eigenvalue weighted by molar-refractivity contribution is 14.1. The molecule has 0 bridgehead atoms. The van der Waals surface area contributed by atoms with Crippen LogP contribution in [0.3, 0.4) is 0 Å². The minimum atomic E-state index is -0.110. The van der Waals surface area contributed by atoms with Crippen LogP contribution in [0.2, 0.25) is 0 Å². The number of Topliss-reactive ketones (excluding diaryl/α,β-unsaturated/α-hetero) is 1. The first-order chi connectivity index (χ1) is 10.0. The highest BCUT2D eigenvalue weighted by Crippen LogP contribution is 2.21. The van der Waals surface area contributed by atoms with E-state index in [4.69, 9.17) is 4.74 Å². The van der Waals surface area contributed by atoms with Gasteiger partial charge < -0.3 is 4.74 Å². The number of nitrogens with zero attached hydrogens (tertiary/aromatic N) is 2. The van der Waals surface area contributed by atoms with Crippen LogP contribution in [0.5, 0.6) is 5.75 Å². The van der Waals surface area contributed by atoms with E-state index in [1.165, 1.54) is 24.0 Å². The van der Waals surface area contributed by atoms with Crippen LogP contribution in [0.25, 0.3) is 0 Å². The van der Waals surface area contributed by atoms with Crippen molar-refractivity contribution in [1.29, 1.82) is 0 Å². The number of hydrogen-bond acceptors (Lipinski definition) is 4. The van der Waals surface area contributed by atoms with Gasteiger partial charge >= 0.3 is 0 Å². The number of benzene rings is 1. The van der Waals surface area contributed by atoms with Gasteiger partial charge in [-0.15, -0.1) is 0 Å². The third-order valence-electron chi connectivity index (χ3n) is 2.97. The quantitative estimate of drug-likeness (QED) is 0.574. The van der Waals surface area contributed by atoms with Crippen molar-refractivity contribution in [2.75, 3.05) is 6.61 Å². The van der Waals surface area contributed by atoms with Crippen molar-refractivity contribution >= 4 is 28.4 Å². The fourth-order valence-corrected chi connectivity index (χ4v) is 2.41. The molecule has 21 heavy (non-hydrogen) atoms. The van der Waals surface area contributed by atoms with Crippen molar-refractivity contribution in [3.63, 3.8) is 0 Å². The second-order valence-electron chi connectivity index (χ2n) is 4.49. The van der Waals surface area contributed by atoms with Crippen molar-refractivity contribution in [3.05, 3.63) is 55.8 Å². The third-order valence-corrected chi connectivity index (χ3v) is 3.71. The summed E-state index contributed by atoms with van der Waals surface area (Å²) in [7, 11) is 0. The van der Waals surface area contributed by atoms with Crippen LogP contribution in [0, 0.1) is 3.57 Å². The molecular formula is C15H15IN2O3. The molecule has 0 radical (unpaired) electrons. The van der Waals surface area contributed by atoms with Crippen LogP contribution in [0.4, 0.5) is 0 Å². The Morgan fingerprint density at radius 2 is 2.19 bits per heavy atom. The summed E-state index contributed by atoms with van der Waals surface area (Å²) in [6, 6.07) is 5.26. The molecule has 2 aromatic rings. The molecule has 0 aliphatic heterocycles. The Morgan fingerprint density at radius 3 is 2.86 bits per heavy atom. The monoisotopic (exact) mass is 398 g/mol. The highest BCUT2D eigenvalue weighted by Gasteiger charge is 2.10. The molecule has 0 N–H and O–H groups in total. The molecule has 1 aromatic carbocycles. The van der Waals surface area contributed by atoms with Gasteiger partial charge in [0, 0.05) is 17.3 Å². The fourth-order valence-electron chi connectivity index (χ4n) is 1.94. The molecule has 0 spiro atoms. The Kier molecular flexibility index (Phi) is 5.11. The molecule has 2 rings (SSSR count). The van der Waals surface area contributed by atoms with Gasteiger partial charge in [-0.05, 0) is 54.6 Å². The number of carbonyl (C=O) groups excluding carboxylic acids is 1. The van der Waals surface area contributed by atoms with Gasteiger partial charge in [0.25, 0.3) is 5.56 Å². The SMILES string of the molecule is CCOc1ccc(C(C)=O)cc1Cn1cncc(I)c1=O. The molecule has 1 heterocycles. The van der Waals surface area contributed by atoms with Gasteiger partial charge in [0.05, 0.1) is 23.0 Å². The van der Waals surface area contributed by atoms with Gasteiger partial charge in [-0.3, -0.25) is 14.2 Å². The lowest BCUT2D eigenvalue weighted by Crippen LogP contribution is -2.23. The van der Waals surface area contributed by atoms with Gasteiger partial charge in [0.1, 0.15) is 5.75 Å². The Bertz CT molecular complexity index is 725. The number of ether oxygens (including phenoxy) is 1. The molecule has 110 valence electrons. The van der Waals surface area contributed by atoms with Crippen molar-refractivity contribution in [1.82, 2.24) is 9.55 Å². The van der Waals surface area contributed by atoms with Crippen LogP contribution in [0.15, 0.2) is 35.5 Å². The number of rotatable bonds is 5. The van der Waals surface area contributed by atoms with Gasteiger partial charge in [-0.2, -0.15) is 0 Å². The van der Waals surface area contributed by atoms with Crippen molar-refractivity contribution in [3.8, 4) is 5.75 Å².